The molecule has 0 spiro atoms. The van der Waals surface area contributed by atoms with Gasteiger partial charge in [0.2, 0.25) is 0 Å². The third-order valence-electron chi connectivity index (χ3n) is 3.52. The standard InChI is InChI=1S/C17H27BrFNO/c1-12(8-9-20-17(2,3)4)6-7-13-10-14(18)15(19)11-16(13)21-5/h10-12,20H,6-9H2,1-5H3. The molecule has 1 aromatic carbocycles. The van der Waals surface area contributed by atoms with Crippen LogP contribution in [0.2, 0.25) is 0 Å². The number of ether oxygens (including phenoxy) is 1. The van der Waals surface area contributed by atoms with E-state index in [2.05, 4.69) is 48.9 Å². The zero-order chi connectivity index (χ0) is 16.0. The van der Waals surface area contributed by atoms with E-state index < -0.39 is 0 Å². The molecule has 1 atom stereocenters. The van der Waals surface area contributed by atoms with Crippen molar-refractivity contribution in [3.63, 3.8) is 0 Å². The lowest BCUT2D eigenvalue weighted by Crippen LogP contribution is -2.36. The number of halogens is 2. The predicted octanol–water partition coefficient (Wildman–Crippen LogP) is 4.94. The summed E-state index contributed by atoms with van der Waals surface area (Å²) in [4.78, 5) is 0. The van der Waals surface area contributed by atoms with Gasteiger partial charge in [-0.05, 0) is 80.1 Å². The Morgan fingerprint density at radius 3 is 2.52 bits per heavy atom. The van der Waals surface area contributed by atoms with Crippen LogP contribution in [0.1, 0.15) is 46.1 Å². The Bertz CT molecular complexity index is 457. The van der Waals surface area contributed by atoms with Gasteiger partial charge in [-0.3, -0.25) is 0 Å². The third kappa shape index (κ3) is 6.79. The van der Waals surface area contributed by atoms with Crippen LogP contribution in [0.25, 0.3) is 0 Å². The van der Waals surface area contributed by atoms with Crippen molar-refractivity contribution in [1.29, 1.82) is 0 Å². The molecule has 0 saturated heterocycles. The fraction of sp³-hybridized carbons (Fsp3) is 0.647. The molecule has 2 nitrogen and oxygen atoms in total. The maximum atomic E-state index is 13.5. The van der Waals surface area contributed by atoms with Crippen LogP contribution < -0.4 is 10.1 Å². The maximum absolute atomic E-state index is 13.5. The molecule has 0 bridgehead atoms. The van der Waals surface area contributed by atoms with Crippen molar-refractivity contribution < 1.29 is 9.13 Å². The molecule has 0 aromatic heterocycles. The molecule has 1 aromatic rings. The van der Waals surface area contributed by atoms with Crippen LogP contribution in [0.5, 0.6) is 5.75 Å². The number of nitrogens with one attached hydrogen (secondary N) is 1. The van der Waals surface area contributed by atoms with E-state index in [1.807, 2.05) is 6.07 Å². The van der Waals surface area contributed by atoms with Crippen LogP contribution >= 0.6 is 15.9 Å². The Labute approximate surface area is 136 Å². The predicted molar refractivity (Wildman–Crippen MR) is 90.5 cm³/mol. The first-order valence-corrected chi connectivity index (χ1v) is 8.29. The number of hydrogen-bond acceptors (Lipinski definition) is 2. The number of methoxy groups -OCH3 is 1. The van der Waals surface area contributed by atoms with Gasteiger partial charge in [0, 0.05) is 11.6 Å². The van der Waals surface area contributed by atoms with Gasteiger partial charge in [-0.25, -0.2) is 4.39 Å². The summed E-state index contributed by atoms with van der Waals surface area (Å²) in [5.74, 6) is 0.974. The van der Waals surface area contributed by atoms with Crippen molar-refractivity contribution in [2.75, 3.05) is 13.7 Å². The molecule has 0 heterocycles. The fourth-order valence-electron chi connectivity index (χ4n) is 2.19. The molecule has 0 aliphatic carbocycles. The van der Waals surface area contributed by atoms with Gasteiger partial charge in [-0.15, -0.1) is 0 Å². The topological polar surface area (TPSA) is 21.3 Å². The van der Waals surface area contributed by atoms with Gasteiger partial charge in [-0.2, -0.15) is 0 Å². The highest BCUT2D eigenvalue weighted by Gasteiger charge is 2.12. The summed E-state index contributed by atoms with van der Waals surface area (Å²) in [6.45, 7) is 9.82. The lowest BCUT2D eigenvalue weighted by Gasteiger charge is -2.22. The van der Waals surface area contributed by atoms with Crippen LogP contribution in [0.15, 0.2) is 16.6 Å². The van der Waals surface area contributed by atoms with E-state index in [0.717, 1.165) is 31.4 Å². The first-order chi connectivity index (χ1) is 9.73. The van der Waals surface area contributed by atoms with Crippen molar-refractivity contribution in [1.82, 2.24) is 5.32 Å². The van der Waals surface area contributed by atoms with Gasteiger partial charge < -0.3 is 10.1 Å². The summed E-state index contributed by atoms with van der Waals surface area (Å²) >= 11 is 3.24. The minimum Gasteiger partial charge on any atom is -0.496 e. The number of benzene rings is 1. The van der Waals surface area contributed by atoms with Crippen LogP contribution in [-0.2, 0) is 6.42 Å². The zero-order valence-electron chi connectivity index (χ0n) is 13.7. The van der Waals surface area contributed by atoms with Crippen LogP contribution in [0, 0.1) is 11.7 Å². The highest BCUT2D eigenvalue weighted by atomic mass is 79.9. The van der Waals surface area contributed by atoms with Crippen molar-refractivity contribution in [3.05, 3.63) is 28.0 Å². The van der Waals surface area contributed by atoms with Gasteiger partial charge in [0.1, 0.15) is 11.6 Å². The summed E-state index contributed by atoms with van der Waals surface area (Å²) < 4.78 is 19.3. The number of hydrogen-bond donors (Lipinski definition) is 1. The summed E-state index contributed by atoms with van der Waals surface area (Å²) in [5, 5.41) is 3.51. The minimum atomic E-state index is -0.280. The Kier molecular flexibility index (Phi) is 7.14. The van der Waals surface area contributed by atoms with Crippen LogP contribution in [0.3, 0.4) is 0 Å². The highest BCUT2D eigenvalue weighted by molar-refractivity contribution is 9.10. The molecule has 1 N–H and O–H groups in total. The lowest BCUT2D eigenvalue weighted by atomic mass is 9.97. The van der Waals surface area contributed by atoms with Gasteiger partial charge in [0.15, 0.2) is 0 Å². The van der Waals surface area contributed by atoms with Gasteiger partial charge in [0.05, 0.1) is 11.6 Å². The fourth-order valence-corrected chi connectivity index (χ4v) is 2.59. The molecular formula is C17H27BrFNO. The summed E-state index contributed by atoms with van der Waals surface area (Å²) in [5.41, 5.74) is 1.23. The second kappa shape index (κ2) is 8.14. The van der Waals surface area contributed by atoms with Crippen LogP contribution in [0.4, 0.5) is 4.39 Å². The molecular weight excluding hydrogens is 333 g/mol. The van der Waals surface area contributed by atoms with E-state index in [1.165, 1.54) is 6.07 Å². The van der Waals surface area contributed by atoms with Gasteiger partial charge in [0.25, 0.3) is 0 Å². The molecule has 0 fully saturated rings. The van der Waals surface area contributed by atoms with E-state index in [9.17, 15) is 4.39 Å². The quantitative estimate of drug-likeness (QED) is 0.743. The Hall–Kier alpha value is -0.610. The van der Waals surface area contributed by atoms with Crippen molar-refractivity contribution in [2.24, 2.45) is 5.92 Å². The van der Waals surface area contributed by atoms with Crippen molar-refractivity contribution in [3.8, 4) is 5.75 Å². The molecule has 0 radical (unpaired) electrons. The summed E-state index contributed by atoms with van der Waals surface area (Å²) in [6.07, 6.45) is 3.11. The SMILES string of the molecule is COc1cc(F)c(Br)cc1CCC(C)CCNC(C)(C)C. The highest BCUT2D eigenvalue weighted by Crippen LogP contribution is 2.28. The second-order valence-corrected chi connectivity index (χ2v) is 7.54. The molecule has 1 rings (SSSR count). The van der Waals surface area contributed by atoms with E-state index in [0.29, 0.717) is 16.1 Å². The molecule has 21 heavy (non-hydrogen) atoms. The smallest absolute Gasteiger partial charge is 0.141 e. The normalized spacial score (nSPS) is 13.3. The average Bonchev–Trinajstić information content (AvgIpc) is 2.38. The van der Waals surface area contributed by atoms with Crippen LogP contribution in [-0.4, -0.2) is 19.2 Å². The maximum Gasteiger partial charge on any atom is 0.141 e. The largest absolute Gasteiger partial charge is 0.496 e. The monoisotopic (exact) mass is 359 g/mol. The average molecular weight is 360 g/mol. The summed E-state index contributed by atoms with van der Waals surface area (Å²) in [6, 6.07) is 3.28. The first-order valence-electron chi connectivity index (χ1n) is 7.50. The number of aryl methyl sites for hydroxylation is 1. The van der Waals surface area contributed by atoms with Crippen molar-refractivity contribution in [2.45, 2.75) is 52.5 Å². The molecule has 120 valence electrons. The lowest BCUT2D eigenvalue weighted by molar-refractivity contribution is 0.382. The first kappa shape index (κ1) is 18.4. The Balaban J connectivity index is 2.49. The van der Waals surface area contributed by atoms with Gasteiger partial charge >= 0.3 is 0 Å². The molecule has 0 aliphatic heterocycles. The van der Waals surface area contributed by atoms with E-state index >= 15 is 0 Å². The Morgan fingerprint density at radius 1 is 1.29 bits per heavy atom. The van der Waals surface area contributed by atoms with E-state index in [-0.39, 0.29) is 11.4 Å². The minimum absolute atomic E-state index is 0.171. The van der Waals surface area contributed by atoms with Crippen molar-refractivity contribution >= 4 is 15.9 Å². The second-order valence-electron chi connectivity index (χ2n) is 6.69. The number of rotatable bonds is 7. The molecule has 0 amide bonds. The molecule has 1 unspecified atom stereocenters. The third-order valence-corrected chi connectivity index (χ3v) is 4.13. The Morgan fingerprint density at radius 2 is 1.95 bits per heavy atom. The molecule has 4 heteroatoms. The molecule has 0 aliphatic rings. The zero-order valence-corrected chi connectivity index (χ0v) is 15.3. The van der Waals surface area contributed by atoms with E-state index in [4.69, 9.17) is 4.74 Å². The van der Waals surface area contributed by atoms with E-state index in [1.54, 1.807) is 7.11 Å². The van der Waals surface area contributed by atoms with Gasteiger partial charge in [-0.1, -0.05) is 6.92 Å². The molecule has 0 saturated carbocycles. The summed E-state index contributed by atoms with van der Waals surface area (Å²) in [7, 11) is 1.59.